The zero-order valence-corrected chi connectivity index (χ0v) is 30.5. The van der Waals surface area contributed by atoms with Gasteiger partial charge < -0.3 is 14.2 Å². The molecule has 0 bridgehead atoms. The van der Waals surface area contributed by atoms with E-state index in [1.807, 2.05) is 0 Å². The summed E-state index contributed by atoms with van der Waals surface area (Å²) in [4.78, 5) is 0. The molecule has 3 nitrogen and oxygen atoms in total. The van der Waals surface area contributed by atoms with Crippen LogP contribution in [0, 0.1) is 41.5 Å². The van der Waals surface area contributed by atoms with Crippen molar-refractivity contribution in [2.75, 3.05) is 0 Å². The SMILES string of the molecule is Cc1cc(C)cc(COc2ccc(C(C)(c3ccc(OCc4cc(C)cc(C)c4)cc3)c3ccc(OCc4cc(C)cc(C)c4)cc3)cc2)c1. The summed E-state index contributed by atoms with van der Waals surface area (Å²) >= 11 is 0. The molecule has 0 saturated carbocycles. The smallest absolute Gasteiger partial charge is 0.119 e. The minimum absolute atomic E-state index is 0.440. The molecule has 254 valence electrons. The lowest BCUT2D eigenvalue weighted by molar-refractivity contribution is 0.305. The van der Waals surface area contributed by atoms with Crippen molar-refractivity contribution in [1.29, 1.82) is 0 Å². The molecule has 0 atom stereocenters. The third kappa shape index (κ3) is 8.47. The fourth-order valence-corrected chi connectivity index (χ4v) is 7.11. The average Bonchev–Trinajstić information content (AvgIpc) is 3.08. The Morgan fingerprint density at radius 1 is 0.340 bits per heavy atom. The molecule has 0 heterocycles. The second kappa shape index (κ2) is 15.1. The largest absolute Gasteiger partial charge is 0.489 e. The summed E-state index contributed by atoms with van der Waals surface area (Å²) in [6.45, 7) is 16.6. The molecule has 0 radical (unpaired) electrons. The molecular formula is C47H48O3. The molecule has 6 rings (SSSR count). The van der Waals surface area contributed by atoms with Crippen molar-refractivity contribution in [3.8, 4) is 17.2 Å². The van der Waals surface area contributed by atoms with Gasteiger partial charge in [0.15, 0.2) is 0 Å². The van der Waals surface area contributed by atoms with Gasteiger partial charge in [0.2, 0.25) is 0 Å². The van der Waals surface area contributed by atoms with Gasteiger partial charge in [0.25, 0.3) is 0 Å². The van der Waals surface area contributed by atoms with Crippen molar-refractivity contribution in [1.82, 2.24) is 0 Å². The molecule has 3 heteroatoms. The van der Waals surface area contributed by atoms with Crippen LogP contribution < -0.4 is 14.2 Å². The van der Waals surface area contributed by atoms with E-state index >= 15 is 0 Å². The molecule has 0 amide bonds. The maximum absolute atomic E-state index is 6.24. The lowest BCUT2D eigenvalue weighted by Crippen LogP contribution is -2.25. The van der Waals surface area contributed by atoms with Crippen LogP contribution in [-0.4, -0.2) is 0 Å². The van der Waals surface area contributed by atoms with Gasteiger partial charge in [-0.05, 0) is 118 Å². The summed E-state index contributed by atoms with van der Waals surface area (Å²) < 4.78 is 18.7. The number of ether oxygens (including phenoxy) is 3. The Bertz CT molecular complexity index is 1760. The highest BCUT2D eigenvalue weighted by Gasteiger charge is 2.31. The molecular weight excluding hydrogens is 613 g/mol. The first-order valence-corrected chi connectivity index (χ1v) is 17.4. The molecule has 0 spiro atoms. The molecule has 6 aromatic carbocycles. The molecule has 0 aliphatic rings. The van der Waals surface area contributed by atoms with Gasteiger partial charge >= 0.3 is 0 Å². The van der Waals surface area contributed by atoms with E-state index < -0.39 is 5.41 Å². The van der Waals surface area contributed by atoms with E-state index in [1.165, 1.54) is 66.8 Å². The van der Waals surface area contributed by atoms with Gasteiger partial charge in [-0.2, -0.15) is 0 Å². The van der Waals surface area contributed by atoms with Gasteiger partial charge in [0.1, 0.15) is 37.1 Å². The maximum atomic E-state index is 6.24. The standard InChI is InChI=1S/C47H48O3/c1-32-20-33(2)24-38(23-32)29-48-44-14-8-41(9-15-44)47(7,42-10-16-45(17-11-42)49-30-39-25-34(3)21-35(4)26-39)43-12-18-46(19-13-43)50-31-40-27-36(5)22-37(6)28-40/h8-28H,29-31H2,1-7H3. The Balaban J connectivity index is 1.25. The Labute approximate surface area is 298 Å². The molecule has 0 unspecified atom stereocenters. The first kappa shape index (κ1) is 34.6. The maximum Gasteiger partial charge on any atom is 0.119 e. The second-order valence-electron chi connectivity index (χ2n) is 14.1. The summed E-state index contributed by atoms with van der Waals surface area (Å²) in [6, 6.07) is 45.3. The zero-order valence-electron chi connectivity index (χ0n) is 30.5. The number of hydrogen-bond donors (Lipinski definition) is 0. The van der Waals surface area contributed by atoms with E-state index in [-0.39, 0.29) is 0 Å². The Morgan fingerprint density at radius 3 is 0.780 bits per heavy atom. The van der Waals surface area contributed by atoms with E-state index in [0.29, 0.717) is 19.8 Å². The van der Waals surface area contributed by atoms with Gasteiger partial charge in [0.05, 0.1) is 0 Å². The number of aryl methyl sites for hydroxylation is 6. The predicted octanol–water partition coefficient (Wildman–Crippen LogP) is 11.6. The molecule has 6 aromatic rings. The molecule has 0 fully saturated rings. The van der Waals surface area contributed by atoms with Gasteiger partial charge in [-0.25, -0.2) is 0 Å². The summed E-state index contributed by atoms with van der Waals surface area (Å²) in [7, 11) is 0. The van der Waals surface area contributed by atoms with Crippen molar-refractivity contribution < 1.29 is 14.2 Å². The zero-order chi connectivity index (χ0) is 35.3. The minimum atomic E-state index is -0.440. The summed E-state index contributed by atoms with van der Waals surface area (Å²) in [5.41, 5.74) is 14.1. The first-order chi connectivity index (χ1) is 24.0. The van der Waals surface area contributed by atoms with Gasteiger partial charge in [-0.1, -0.05) is 124 Å². The Morgan fingerprint density at radius 2 is 0.560 bits per heavy atom. The van der Waals surface area contributed by atoms with E-state index in [9.17, 15) is 0 Å². The van der Waals surface area contributed by atoms with Crippen LogP contribution in [0.1, 0.15) is 73.7 Å². The molecule has 0 aliphatic carbocycles. The van der Waals surface area contributed by atoms with Crippen LogP contribution in [0.25, 0.3) is 0 Å². The lowest BCUT2D eigenvalue weighted by atomic mass is 9.71. The van der Waals surface area contributed by atoms with Crippen LogP contribution in [-0.2, 0) is 25.2 Å². The third-order valence-electron chi connectivity index (χ3n) is 9.36. The quantitative estimate of drug-likeness (QED) is 0.122. The van der Waals surface area contributed by atoms with Gasteiger partial charge in [0, 0.05) is 5.41 Å². The van der Waals surface area contributed by atoms with Crippen molar-refractivity contribution in [2.45, 2.75) is 73.7 Å². The highest BCUT2D eigenvalue weighted by molar-refractivity contribution is 5.52. The minimum Gasteiger partial charge on any atom is -0.489 e. The predicted molar refractivity (Wildman–Crippen MR) is 206 cm³/mol. The van der Waals surface area contributed by atoms with Gasteiger partial charge in [-0.15, -0.1) is 0 Å². The first-order valence-electron chi connectivity index (χ1n) is 17.4. The van der Waals surface area contributed by atoms with Crippen LogP contribution in [0.2, 0.25) is 0 Å². The van der Waals surface area contributed by atoms with Crippen molar-refractivity contribution in [2.24, 2.45) is 0 Å². The Kier molecular flexibility index (Phi) is 10.4. The van der Waals surface area contributed by atoms with Crippen LogP contribution in [0.15, 0.2) is 127 Å². The molecule has 0 aliphatic heterocycles. The van der Waals surface area contributed by atoms with Crippen LogP contribution in [0.4, 0.5) is 0 Å². The van der Waals surface area contributed by atoms with E-state index in [4.69, 9.17) is 14.2 Å². The average molecular weight is 661 g/mol. The van der Waals surface area contributed by atoms with E-state index in [2.05, 4.69) is 176 Å². The summed E-state index contributed by atoms with van der Waals surface area (Å²) in [5.74, 6) is 2.54. The third-order valence-corrected chi connectivity index (χ3v) is 9.36. The van der Waals surface area contributed by atoms with Crippen LogP contribution in [0.5, 0.6) is 17.2 Å². The fourth-order valence-electron chi connectivity index (χ4n) is 7.11. The number of benzene rings is 6. The number of hydrogen-bond acceptors (Lipinski definition) is 3. The summed E-state index contributed by atoms with van der Waals surface area (Å²) in [6.07, 6.45) is 0. The van der Waals surface area contributed by atoms with Crippen molar-refractivity contribution in [3.05, 3.63) is 194 Å². The molecule has 50 heavy (non-hydrogen) atoms. The number of rotatable bonds is 12. The van der Waals surface area contributed by atoms with Crippen molar-refractivity contribution >= 4 is 0 Å². The molecule has 0 aromatic heterocycles. The topological polar surface area (TPSA) is 27.7 Å². The monoisotopic (exact) mass is 660 g/mol. The lowest BCUT2D eigenvalue weighted by Gasteiger charge is -2.32. The fraction of sp³-hybridized carbons (Fsp3) is 0.234. The van der Waals surface area contributed by atoms with Gasteiger partial charge in [-0.3, -0.25) is 0 Å². The second-order valence-corrected chi connectivity index (χ2v) is 14.1. The van der Waals surface area contributed by atoms with Crippen LogP contribution in [0.3, 0.4) is 0 Å². The molecule has 0 N–H and O–H groups in total. The highest BCUT2D eigenvalue weighted by atomic mass is 16.5. The Hall–Kier alpha value is -5.28. The van der Waals surface area contributed by atoms with E-state index in [1.54, 1.807) is 0 Å². The van der Waals surface area contributed by atoms with Crippen LogP contribution >= 0.6 is 0 Å². The normalized spacial score (nSPS) is 11.3. The summed E-state index contributed by atoms with van der Waals surface area (Å²) in [5, 5.41) is 0. The molecule has 0 saturated heterocycles. The van der Waals surface area contributed by atoms with E-state index in [0.717, 1.165) is 17.2 Å². The van der Waals surface area contributed by atoms with Crippen molar-refractivity contribution in [3.63, 3.8) is 0 Å². The highest BCUT2D eigenvalue weighted by Crippen LogP contribution is 2.41.